The van der Waals surface area contributed by atoms with Crippen molar-refractivity contribution < 1.29 is 0 Å². The maximum Gasteiger partial charge on any atom is 0.110 e. The molecule has 0 radical (unpaired) electrons. The molecule has 0 heterocycles. The molecule has 0 aromatic heterocycles. The van der Waals surface area contributed by atoms with Gasteiger partial charge in [0, 0.05) is 0 Å². The Labute approximate surface area is 73.9 Å². The van der Waals surface area contributed by atoms with E-state index >= 15 is 0 Å². The van der Waals surface area contributed by atoms with Crippen molar-refractivity contribution in [3.05, 3.63) is 0 Å². The Morgan fingerprint density at radius 3 is 1.70 bits per heavy atom. The monoisotopic (exact) mass is 182 g/mol. The molecule has 0 amide bonds. The van der Waals surface area contributed by atoms with Crippen molar-refractivity contribution in [2.75, 3.05) is 0 Å². The molecule has 0 bridgehead atoms. The zero-order valence-electron chi connectivity index (χ0n) is 6.90. The molecular weight excluding hydrogens is 167 g/mol. The largest absolute Gasteiger partial charge is 0.110 e. The quantitative estimate of drug-likeness (QED) is 0.580. The number of alkyl halides is 2. The van der Waals surface area contributed by atoms with Gasteiger partial charge in [-0.15, -0.1) is 23.2 Å². The van der Waals surface area contributed by atoms with Crippen LogP contribution in [0.15, 0.2) is 0 Å². The van der Waals surface area contributed by atoms with E-state index in [0.29, 0.717) is 11.8 Å². The van der Waals surface area contributed by atoms with Crippen LogP contribution in [-0.2, 0) is 0 Å². The first-order valence-electron chi connectivity index (χ1n) is 3.91. The molecule has 0 aliphatic rings. The number of rotatable bonds is 4. The first-order valence-corrected chi connectivity index (χ1v) is 4.78. The minimum Gasteiger partial charge on any atom is -0.105 e. The fourth-order valence-electron chi connectivity index (χ4n) is 1.13. The number of hydrogen-bond acceptors (Lipinski definition) is 0. The lowest BCUT2D eigenvalue weighted by atomic mass is 9.91. The second-order valence-corrected chi connectivity index (χ2v) is 3.96. The molecule has 2 unspecified atom stereocenters. The van der Waals surface area contributed by atoms with Crippen molar-refractivity contribution in [3.8, 4) is 0 Å². The van der Waals surface area contributed by atoms with Crippen LogP contribution in [0.4, 0.5) is 0 Å². The van der Waals surface area contributed by atoms with Gasteiger partial charge in [-0.3, -0.25) is 0 Å². The molecular formula is C8H16Cl2. The van der Waals surface area contributed by atoms with Gasteiger partial charge in [0.05, 0.1) is 0 Å². The molecule has 0 aliphatic carbocycles. The van der Waals surface area contributed by atoms with Crippen LogP contribution in [-0.4, -0.2) is 4.84 Å². The van der Waals surface area contributed by atoms with Crippen LogP contribution < -0.4 is 0 Å². The predicted molar refractivity (Wildman–Crippen MR) is 48.7 cm³/mol. The summed E-state index contributed by atoms with van der Waals surface area (Å²) >= 11 is 11.6. The summed E-state index contributed by atoms with van der Waals surface area (Å²) < 4.78 is 0. The Balaban J connectivity index is 3.80. The van der Waals surface area contributed by atoms with Gasteiger partial charge >= 0.3 is 0 Å². The molecule has 10 heavy (non-hydrogen) atoms. The molecule has 0 rings (SSSR count). The Morgan fingerprint density at radius 2 is 1.60 bits per heavy atom. The summed E-state index contributed by atoms with van der Waals surface area (Å²) in [5, 5.41) is 0. The summed E-state index contributed by atoms with van der Waals surface area (Å²) in [5.74, 6) is 1.11. The van der Waals surface area contributed by atoms with Crippen LogP contribution >= 0.6 is 23.2 Å². The topological polar surface area (TPSA) is 0 Å². The van der Waals surface area contributed by atoms with Crippen LogP contribution in [0.1, 0.15) is 33.6 Å². The molecule has 0 saturated carbocycles. The van der Waals surface area contributed by atoms with Gasteiger partial charge in [0.25, 0.3) is 0 Å². The highest BCUT2D eigenvalue weighted by Crippen LogP contribution is 2.27. The highest BCUT2D eigenvalue weighted by atomic mass is 35.5. The summed E-state index contributed by atoms with van der Waals surface area (Å²) in [6.45, 7) is 6.50. The lowest BCUT2D eigenvalue weighted by molar-refractivity contribution is 0.357. The van der Waals surface area contributed by atoms with Crippen LogP contribution in [0, 0.1) is 11.8 Å². The van der Waals surface area contributed by atoms with Crippen molar-refractivity contribution in [2.24, 2.45) is 11.8 Å². The van der Waals surface area contributed by atoms with E-state index in [4.69, 9.17) is 23.2 Å². The molecule has 0 aromatic rings. The van der Waals surface area contributed by atoms with Gasteiger partial charge < -0.3 is 0 Å². The van der Waals surface area contributed by atoms with E-state index in [0.717, 1.165) is 12.8 Å². The van der Waals surface area contributed by atoms with Gasteiger partial charge in [-0.05, 0) is 11.8 Å². The number of hydrogen-bond donors (Lipinski definition) is 0. The van der Waals surface area contributed by atoms with Gasteiger partial charge in [-0.1, -0.05) is 33.6 Å². The summed E-state index contributed by atoms with van der Waals surface area (Å²) in [7, 11) is 0. The second kappa shape index (κ2) is 5.26. The van der Waals surface area contributed by atoms with E-state index in [1.807, 2.05) is 0 Å². The van der Waals surface area contributed by atoms with Gasteiger partial charge in [0.2, 0.25) is 0 Å². The summed E-state index contributed by atoms with van der Waals surface area (Å²) in [6.07, 6.45) is 2.24. The summed E-state index contributed by atoms with van der Waals surface area (Å²) in [5.41, 5.74) is 0. The number of halogens is 2. The van der Waals surface area contributed by atoms with Crippen LogP contribution in [0.5, 0.6) is 0 Å². The molecule has 0 saturated heterocycles. The third-order valence-electron chi connectivity index (χ3n) is 2.17. The molecule has 0 fully saturated rings. The zero-order valence-corrected chi connectivity index (χ0v) is 8.41. The van der Waals surface area contributed by atoms with Crippen molar-refractivity contribution in [2.45, 2.75) is 38.4 Å². The second-order valence-electron chi connectivity index (χ2n) is 2.79. The summed E-state index contributed by atoms with van der Waals surface area (Å²) in [4.78, 5) is -0.194. The van der Waals surface area contributed by atoms with Crippen LogP contribution in [0.2, 0.25) is 0 Å². The molecule has 0 aliphatic heterocycles. The average Bonchev–Trinajstić information content (AvgIpc) is 1.88. The summed E-state index contributed by atoms with van der Waals surface area (Å²) in [6, 6.07) is 0. The Bertz CT molecular complexity index is 81.3. The molecule has 0 N–H and O–H groups in total. The lowest BCUT2D eigenvalue weighted by Gasteiger charge is -2.21. The van der Waals surface area contributed by atoms with E-state index in [9.17, 15) is 0 Å². The molecule has 0 spiro atoms. The van der Waals surface area contributed by atoms with E-state index in [1.54, 1.807) is 0 Å². The molecule has 2 heteroatoms. The minimum absolute atomic E-state index is 0.194. The van der Waals surface area contributed by atoms with E-state index in [-0.39, 0.29) is 4.84 Å². The predicted octanol–water partition coefficient (Wildman–Crippen LogP) is 3.86. The van der Waals surface area contributed by atoms with Crippen LogP contribution in [0.25, 0.3) is 0 Å². The Hall–Kier alpha value is 0.580. The fourth-order valence-corrected chi connectivity index (χ4v) is 1.98. The Morgan fingerprint density at radius 1 is 1.10 bits per heavy atom. The van der Waals surface area contributed by atoms with Crippen molar-refractivity contribution >= 4 is 23.2 Å². The smallest absolute Gasteiger partial charge is 0.105 e. The van der Waals surface area contributed by atoms with Crippen molar-refractivity contribution in [3.63, 3.8) is 0 Å². The fraction of sp³-hybridized carbons (Fsp3) is 1.00. The average molecular weight is 183 g/mol. The first kappa shape index (κ1) is 10.6. The van der Waals surface area contributed by atoms with E-state index < -0.39 is 0 Å². The molecule has 2 atom stereocenters. The van der Waals surface area contributed by atoms with E-state index in [1.165, 1.54) is 0 Å². The van der Waals surface area contributed by atoms with Crippen molar-refractivity contribution in [1.82, 2.24) is 0 Å². The third-order valence-corrected chi connectivity index (χ3v) is 2.82. The highest BCUT2D eigenvalue weighted by Gasteiger charge is 2.19. The normalized spacial score (nSPS) is 17.4. The first-order chi connectivity index (χ1) is 4.63. The maximum atomic E-state index is 5.78. The third kappa shape index (κ3) is 3.12. The molecule has 62 valence electrons. The van der Waals surface area contributed by atoms with Crippen molar-refractivity contribution in [1.29, 1.82) is 0 Å². The van der Waals surface area contributed by atoms with Gasteiger partial charge in [-0.25, -0.2) is 0 Å². The standard InChI is InChI=1S/C8H16Cl2/c1-4-6(3)7(5-2)8(9)10/h6-8H,4-5H2,1-3H3. The minimum atomic E-state index is -0.194. The zero-order chi connectivity index (χ0) is 8.15. The molecule has 0 nitrogen and oxygen atoms in total. The SMILES string of the molecule is CCC(C)C(CC)C(Cl)Cl. The lowest BCUT2D eigenvalue weighted by Crippen LogP contribution is -2.16. The highest BCUT2D eigenvalue weighted by molar-refractivity contribution is 6.44. The van der Waals surface area contributed by atoms with E-state index in [2.05, 4.69) is 20.8 Å². The van der Waals surface area contributed by atoms with Gasteiger partial charge in [0.15, 0.2) is 0 Å². The van der Waals surface area contributed by atoms with Crippen LogP contribution in [0.3, 0.4) is 0 Å². The Kier molecular flexibility index (Phi) is 5.56. The maximum absolute atomic E-state index is 5.78. The molecule has 0 aromatic carbocycles. The van der Waals surface area contributed by atoms with Gasteiger partial charge in [0.1, 0.15) is 4.84 Å². The van der Waals surface area contributed by atoms with Gasteiger partial charge in [-0.2, -0.15) is 0 Å².